The van der Waals surface area contributed by atoms with Crippen LogP contribution in [0.4, 0.5) is 10.1 Å². The Kier molecular flexibility index (Phi) is 3.45. The van der Waals surface area contributed by atoms with Crippen molar-refractivity contribution in [1.82, 2.24) is 0 Å². The van der Waals surface area contributed by atoms with E-state index in [4.69, 9.17) is 5.11 Å². The van der Waals surface area contributed by atoms with Crippen molar-refractivity contribution in [2.45, 2.75) is 13.3 Å². The second kappa shape index (κ2) is 4.60. The number of benzene rings is 1. The van der Waals surface area contributed by atoms with E-state index < -0.39 is 11.8 Å². The SMILES string of the molecule is CCCNc1cccc(F)c1C(=O)O. The monoisotopic (exact) mass is 197 g/mol. The molecule has 0 radical (unpaired) electrons. The molecule has 3 nitrogen and oxygen atoms in total. The molecule has 0 unspecified atom stereocenters. The highest BCUT2D eigenvalue weighted by Gasteiger charge is 2.14. The Morgan fingerprint density at radius 1 is 1.57 bits per heavy atom. The van der Waals surface area contributed by atoms with Crippen molar-refractivity contribution in [3.63, 3.8) is 0 Å². The van der Waals surface area contributed by atoms with Gasteiger partial charge in [0.25, 0.3) is 0 Å². The first-order valence-electron chi connectivity index (χ1n) is 4.42. The molecule has 0 fully saturated rings. The van der Waals surface area contributed by atoms with Gasteiger partial charge in [-0.1, -0.05) is 13.0 Å². The highest BCUT2D eigenvalue weighted by Crippen LogP contribution is 2.18. The van der Waals surface area contributed by atoms with Crippen molar-refractivity contribution in [2.75, 3.05) is 11.9 Å². The Morgan fingerprint density at radius 3 is 2.86 bits per heavy atom. The fourth-order valence-corrected chi connectivity index (χ4v) is 1.15. The normalized spacial score (nSPS) is 9.86. The minimum Gasteiger partial charge on any atom is -0.478 e. The molecule has 0 aliphatic rings. The van der Waals surface area contributed by atoms with Crippen LogP contribution in [-0.4, -0.2) is 17.6 Å². The molecular formula is C10H12FNO2. The van der Waals surface area contributed by atoms with E-state index in [2.05, 4.69) is 5.32 Å². The summed E-state index contributed by atoms with van der Waals surface area (Å²) in [6, 6.07) is 4.18. The number of rotatable bonds is 4. The van der Waals surface area contributed by atoms with Crippen LogP contribution in [0.1, 0.15) is 23.7 Å². The Labute approximate surface area is 81.6 Å². The standard InChI is InChI=1S/C10H12FNO2/c1-2-6-12-8-5-3-4-7(11)9(8)10(13)14/h3-5,12H,2,6H2,1H3,(H,13,14). The minimum atomic E-state index is -1.25. The number of hydrogen-bond acceptors (Lipinski definition) is 2. The number of hydrogen-bond donors (Lipinski definition) is 2. The molecule has 2 N–H and O–H groups in total. The van der Waals surface area contributed by atoms with Crippen LogP contribution in [0.5, 0.6) is 0 Å². The van der Waals surface area contributed by atoms with Gasteiger partial charge in [0.2, 0.25) is 0 Å². The number of carboxylic acids is 1. The Bertz CT molecular complexity index is 339. The molecule has 0 aromatic heterocycles. The highest BCUT2D eigenvalue weighted by molar-refractivity contribution is 5.94. The maximum absolute atomic E-state index is 13.1. The average molecular weight is 197 g/mol. The average Bonchev–Trinajstić information content (AvgIpc) is 2.14. The van der Waals surface area contributed by atoms with Gasteiger partial charge in [-0.05, 0) is 18.6 Å². The van der Waals surface area contributed by atoms with Crippen LogP contribution >= 0.6 is 0 Å². The third-order valence-electron chi connectivity index (χ3n) is 1.79. The predicted molar refractivity (Wildman–Crippen MR) is 52.1 cm³/mol. The molecule has 0 aliphatic carbocycles. The van der Waals surface area contributed by atoms with Gasteiger partial charge in [-0.2, -0.15) is 0 Å². The summed E-state index contributed by atoms with van der Waals surface area (Å²) in [5.74, 6) is -1.96. The molecule has 0 spiro atoms. The topological polar surface area (TPSA) is 49.3 Å². The van der Waals surface area contributed by atoms with Gasteiger partial charge in [0.1, 0.15) is 11.4 Å². The molecule has 4 heteroatoms. The zero-order valence-corrected chi connectivity index (χ0v) is 7.88. The summed E-state index contributed by atoms with van der Waals surface area (Å²) in [5, 5.41) is 11.6. The Morgan fingerprint density at radius 2 is 2.29 bits per heavy atom. The van der Waals surface area contributed by atoms with Gasteiger partial charge in [0, 0.05) is 6.54 Å². The van der Waals surface area contributed by atoms with E-state index in [0.717, 1.165) is 12.5 Å². The van der Waals surface area contributed by atoms with E-state index in [0.29, 0.717) is 12.2 Å². The lowest BCUT2D eigenvalue weighted by Crippen LogP contribution is -2.09. The molecule has 0 amide bonds. The van der Waals surface area contributed by atoms with E-state index in [1.807, 2.05) is 6.92 Å². The number of nitrogens with one attached hydrogen (secondary N) is 1. The van der Waals surface area contributed by atoms with Crippen LogP contribution in [0, 0.1) is 5.82 Å². The summed E-state index contributed by atoms with van der Waals surface area (Å²) >= 11 is 0. The first-order valence-corrected chi connectivity index (χ1v) is 4.42. The number of aromatic carboxylic acids is 1. The third-order valence-corrected chi connectivity index (χ3v) is 1.79. The van der Waals surface area contributed by atoms with Gasteiger partial charge in [0.15, 0.2) is 0 Å². The molecule has 0 aliphatic heterocycles. The van der Waals surface area contributed by atoms with Gasteiger partial charge < -0.3 is 10.4 Å². The number of carbonyl (C=O) groups is 1. The molecule has 76 valence electrons. The second-order valence-corrected chi connectivity index (χ2v) is 2.89. The first kappa shape index (κ1) is 10.5. The summed E-state index contributed by atoms with van der Waals surface area (Å²) in [6.45, 7) is 2.58. The summed E-state index contributed by atoms with van der Waals surface area (Å²) < 4.78 is 13.1. The lowest BCUT2D eigenvalue weighted by Gasteiger charge is -2.08. The largest absolute Gasteiger partial charge is 0.478 e. The van der Waals surface area contributed by atoms with Crippen molar-refractivity contribution < 1.29 is 14.3 Å². The fourth-order valence-electron chi connectivity index (χ4n) is 1.15. The highest BCUT2D eigenvalue weighted by atomic mass is 19.1. The van der Waals surface area contributed by atoms with Crippen molar-refractivity contribution >= 4 is 11.7 Å². The van der Waals surface area contributed by atoms with Gasteiger partial charge in [-0.15, -0.1) is 0 Å². The van der Waals surface area contributed by atoms with Gasteiger partial charge in [-0.3, -0.25) is 0 Å². The molecule has 0 heterocycles. The maximum Gasteiger partial charge on any atom is 0.340 e. The molecule has 0 saturated heterocycles. The fraction of sp³-hybridized carbons (Fsp3) is 0.300. The van der Waals surface area contributed by atoms with Crippen molar-refractivity contribution in [1.29, 1.82) is 0 Å². The zero-order valence-electron chi connectivity index (χ0n) is 7.88. The van der Waals surface area contributed by atoms with Gasteiger partial charge in [0.05, 0.1) is 5.69 Å². The lowest BCUT2D eigenvalue weighted by molar-refractivity contribution is 0.0693. The summed E-state index contributed by atoms with van der Waals surface area (Å²) in [7, 11) is 0. The molecule has 14 heavy (non-hydrogen) atoms. The van der Waals surface area contributed by atoms with Crippen molar-refractivity contribution in [3.05, 3.63) is 29.6 Å². The molecule has 0 bridgehead atoms. The predicted octanol–water partition coefficient (Wildman–Crippen LogP) is 2.35. The summed E-state index contributed by atoms with van der Waals surface area (Å²) in [5.41, 5.74) is 0.0419. The van der Waals surface area contributed by atoms with E-state index >= 15 is 0 Å². The maximum atomic E-state index is 13.1. The van der Waals surface area contributed by atoms with Crippen LogP contribution in [0.3, 0.4) is 0 Å². The molecular weight excluding hydrogens is 185 g/mol. The van der Waals surface area contributed by atoms with E-state index in [1.165, 1.54) is 6.07 Å². The minimum absolute atomic E-state index is 0.291. The smallest absolute Gasteiger partial charge is 0.340 e. The van der Waals surface area contributed by atoms with Crippen molar-refractivity contribution in [3.8, 4) is 0 Å². The molecule has 1 aromatic carbocycles. The zero-order chi connectivity index (χ0) is 10.6. The number of carboxylic acid groups (broad SMARTS) is 1. The van der Waals surface area contributed by atoms with Crippen LogP contribution in [0.15, 0.2) is 18.2 Å². The van der Waals surface area contributed by atoms with E-state index in [1.54, 1.807) is 6.07 Å². The Balaban J connectivity index is 3.02. The molecule has 1 rings (SSSR count). The van der Waals surface area contributed by atoms with Crippen LogP contribution in [0.25, 0.3) is 0 Å². The lowest BCUT2D eigenvalue weighted by atomic mass is 10.1. The molecule has 1 aromatic rings. The van der Waals surface area contributed by atoms with Gasteiger partial charge in [-0.25, -0.2) is 9.18 Å². The quantitative estimate of drug-likeness (QED) is 0.778. The van der Waals surface area contributed by atoms with Crippen LogP contribution < -0.4 is 5.32 Å². The van der Waals surface area contributed by atoms with E-state index in [9.17, 15) is 9.18 Å². The van der Waals surface area contributed by atoms with Crippen LogP contribution in [-0.2, 0) is 0 Å². The number of anilines is 1. The van der Waals surface area contributed by atoms with Crippen molar-refractivity contribution in [2.24, 2.45) is 0 Å². The first-order chi connectivity index (χ1) is 6.66. The van der Waals surface area contributed by atoms with Crippen LogP contribution in [0.2, 0.25) is 0 Å². The number of halogens is 1. The second-order valence-electron chi connectivity index (χ2n) is 2.89. The molecule has 0 saturated carbocycles. The Hall–Kier alpha value is -1.58. The molecule has 0 atom stereocenters. The van der Waals surface area contributed by atoms with E-state index in [-0.39, 0.29) is 5.56 Å². The summed E-state index contributed by atoms with van der Waals surface area (Å²) in [6.07, 6.45) is 0.857. The summed E-state index contributed by atoms with van der Waals surface area (Å²) in [4.78, 5) is 10.7. The third kappa shape index (κ3) is 2.22. The van der Waals surface area contributed by atoms with Gasteiger partial charge >= 0.3 is 5.97 Å².